The molecule has 0 bridgehead atoms. The van der Waals surface area contributed by atoms with Gasteiger partial charge in [-0.2, -0.15) is 0 Å². The van der Waals surface area contributed by atoms with Crippen LogP contribution in [0.1, 0.15) is 37.1 Å². The molecule has 0 aliphatic carbocycles. The highest BCUT2D eigenvalue weighted by Crippen LogP contribution is 2.32. The molecule has 0 saturated carbocycles. The van der Waals surface area contributed by atoms with Gasteiger partial charge < -0.3 is 5.73 Å². The Labute approximate surface area is 123 Å². The maximum Gasteiger partial charge on any atom is 0.230 e. The fourth-order valence-electron chi connectivity index (χ4n) is 2.25. The van der Waals surface area contributed by atoms with E-state index in [4.69, 9.17) is 5.73 Å². The van der Waals surface area contributed by atoms with Crippen molar-refractivity contribution in [3.8, 4) is 11.8 Å². The summed E-state index contributed by atoms with van der Waals surface area (Å²) in [4.78, 5) is 26.5. The van der Waals surface area contributed by atoms with Crippen LogP contribution in [-0.4, -0.2) is 23.3 Å². The fraction of sp³-hybridized carbons (Fsp3) is 0.467. The van der Waals surface area contributed by atoms with Gasteiger partial charge in [-0.15, -0.1) is 11.3 Å². The lowest BCUT2D eigenvalue weighted by molar-refractivity contribution is -0.153. The summed E-state index contributed by atoms with van der Waals surface area (Å²) < 4.78 is 0. The Kier molecular flexibility index (Phi) is 4.26. The van der Waals surface area contributed by atoms with E-state index in [1.165, 1.54) is 16.2 Å². The molecule has 20 heavy (non-hydrogen) atoms. The maximum absolute atomic E-state index is 12.1. The summed E-state index contributed by atoms with van der Waals surface area (Å²) >= 11 is 1.51. The van der Waals surface area contributed by atoms with E-state index in [2.05, 4.69) is 11.8 Å². The Morgan fingerprint density at radius 2 is 2.00 bits per heavy atom. The number of nitrogens with two attached hydrogens (primary N) is 1. The van der Waals surface area contributed by atoms with E-state index < -0.39 is 0 Å². The van der Waals surface area contributed by atoms with Gasteiger partial charge in [0.25, 0.3) is 0 Å². The molecule has 1 aliphatic rings. The quantitative estimate of drug-likeness (QED) is 0.666. The molecular weight excluding hydrogens is 272 g/mol. The number of carbonyl (C=O) groups excluding carboxylic acids is 2. The molecule has 0 spiro atoms. The second kappa shape index (κ2) is 5.78. The number of imide groups is 1. The zero-order valence-electron chi connectivity index (χ0n) is 11.7. The first-order valence-corrected chi connectivity index (χ1v) is 7.39. The summed E-state index contributed by atoms with van der Waals surface area (Å²) in [6.45, 7) is 4.51. The first-order chi connectivity index (χ1) is 9.43. The summed E-state index contributed by atoms with van der Waals surface area (Å²) in [5.74, 6) is 5.58. The largest absolute Gasteiger partial charge is 0.320 e. The van der Waals surface area contributed by atoms with Crippen LogP contribution in [0.25, 0.3) is 0 Å². The highest BCUT2D eigenvalue weighted by Gasteiger charge is 2.37. The number of nitrogens with zero attached hydrogens (tertiary/aromatic N) is 1. The number of carbonyl (C=O) groups is 2. The van der Waals surface area contributed by atoms with Crippen molar-refractivity contribution in [1.29, 1.82) is 0 Å². The number of thiophene rings is 1. The molecule has 106 valence electrons. The SMILES string of the molecule is CC1(C)CC(=O)N(Cc2sccc2C#CCN)C(=O)C1. The van der Waals surface area contributed by atoms with Crippen LogP contribution < -0.4 is 5.73 Å². The summed E-state index contributed by atoms with van der Waals surface area (Å²) in [5, 5.41) is 1.92. The van der Waals surface area contributed by atoms with E-state index in [1.54, 1.807) is 0 Å². The Morgan fingerprint density at radius 3 is 2.60 bits per heavy atom. The van der Waals surface area contributed by atoms with Crippen molar-refractivity contribution in [1.82, 2.24) is 4.90 Å². The van der Waals surface area contributed by atoms with Crippen LogP contribution >= 0.6 is 11.3 Å². The maximum atomic E-state index is 12.1. The lowest BCUT2D eigenvalue weighted by Gasteiger charge is -2.34. The van der Waals surface area contributed by atoms with Gasteiger partial charge in [0.05, 0.1) is 13.1 Å². The molecule has 2 heterocycles. The van der Waals surface area contributed by atoms with Crippen LogP contribution in [0.5, 0.6) is 0 Å². The summed E-state index contributed by atoms with van der Waals surface area (Å²) in [6, 6.07) is 1.89. The Bertz CT molecular complexity index is 573. The van der Waals surface area contributed by atoms with Crippen molar-refractivity contribution in [2.75, 3.05) is 6.54 Å². The lowest BCUT2D eigenvalue weighted by Crippen LogP contribution is -2.45. The first-order valence-electron chi connectivity index (χ1n) is 6.51. The fourth-order valence-corrected chi connectivity index (χ4v) is 3.07. The second-order valence-corrected chi connectivity index (χ2v) is 6.66. The Morgan fingerprint density at radius 1 is 1.35 bits per heavy atom. The van der Waals surface area contributed by atoms with Gasteiger partial charge in [-0.3, -0.25) is 14.5 Å². The van der Waals surface area contributed by atoms with Crippen molar-refractivity contribution in [2.24, 2.45) is 11.1 Å². The van der Waals surface area contributed by atoms with Gasteiger partial charge in [0.15, 0.2) is 0 Å². The minimum atomic E-state index is -0.234. The number of hydrogen-bond donors (Lipinski definition) is 1. The summed E-state index contributed by atoms with van der Waals surface area (Å²) in [7, 11) is 0. The molecule has 0 unspecified atom stereocenters. The van der Waals surface area contributed by atoms with Gasteiger partial charge in [0, 0.05) is 23.3 Å². The van der Waals surface area contributed by atoms with E-state index in [1.807, 2.05) is 25.3 Å². The minimum absolute atomic E-state index is 0.0996. The van der Waals surface area contributed by atoms with E-state index in [-0.39, 0.29) is 17.2 Å². The van der Waals surface area contributed by atoms with Crippen molar-refractivity contribution >= 4 is 23.2 Å². The molecule has 2 rings (SSSR count). The molecule has 4 nitrogen and oxygen atoms in total. The second-order valence-electron chi connectivity index (χ2n) is 5.65. The lowest BCUT2D eigenvalue weighted by atomic mass is 9.82. The van der Waals surface area contributed by atoms with Gasteiger partial charge in [0.2, 0.25) is 11.8 Å². The molecule has 1 aliphatic heterocycles. The predicted molar refractivity (Wildman–Crippen MR) is 78.8 cm³/mol. The van der Waals surface area contributed by atoms with Crippen LogP contribution in [0.4, 0.5) is 0 Å². The van der Waals surface area contributed by atoms with Gasteiger partial charge in [-0.1, -0.05) is 25.7 Å². The van der Waals surface area contributed by atoms with E-state index in [9.17, 15) is 9.59 Å². The molecule has 2 amide bonds. The monoisotopic (exact) mass is 290 g/mol. The predicted octanol–water partition coefficient (Wildman–Crippen LogP) is 1.73. The molecule has 1 aromatic rings. The molecule has 0 aromatic carbocycles. The number of hydrogen-bond acceptors (Lipinski definition) is 4. The number of amides is 2. The molecular formula is C15H18N2O2S. The highest BCUT2D eigenvalue weighted by molar-refractivity contribution is 7.10. The van der Waals surface area contributed by atoms with Crippen LogP contribution in [0.2, 0.25) is 0 Å². The molecule has 2 N–H and O–H groups in total. The van der Waals surface area contributed by atoms with E-state index in [0.717, 1.165) is 10.4 Å². The third-order valence-corrected chi connectivity index (χ3v) is 4.14. The normalized spacial score (nSPS) is 17.9. The number of likely N-dealkylation sites (tertiary alicyclic amines) is 1. The smallest absolute Gasteiger partial charge is 0.230 e. The average Bonchev–Trinajstić information content (AvgIpc) is 2.77. The standard InChI is InChI=1S/C15H18N2O2S/c1-15(2)8-13(18)17(14(19)9-15)10-12-11(4-3-6-16)5-7-20-12/h5,7H,6,8-10,16H2,1-2H3. The van der Waals surface area contributed by atoms with Crippen LogP contribution in [0, 0.1) is 17.3 Å². The topological polar surface area (TPSA) is 63.4 Å². The van der Waals surface area contributed by atoms with Crippen LogP contribution in [-0.2, 0) is 16.1 Å². The average molecular weight is 290 g/mol. The van der Waals surface area contributed by atoms with Gasteiger partial charge in [-0.25, -0.2) is 0 Å². The Hall–Kier alpha value is -1.64. The molecule has 0 radical (unpaired) electrons. The zero-order chi connectivity index (χ0) is 14.8. The van der Waals surface area contributed by atoms with Gasteiger partial charge in [0.1, 0.15) is 0 Å². The summed E-state index contributed by atoms with van der Waals surface area (Å²) in [5.41, 5.74) is 5.98. The number of rotatable bonds is 2. The van der Waals surface area contributed by atoms with Crippen LogP contribution in [0.3, 0.4) is 0 Å². The van der Waals surface area contributed by atoms with E-state index in [0.29, 0.717) is 25.9 Å². The van der Waals surface area contributed by atoms with Gasteiger partial charge >= 0.3 is 0 Å². The van der Waals surface area contributed by atoms with Crippen molar-refractivity contribution in [2.45, 2.75) is 33.2 Å². The van der Waals surface area contributed by atoms with Crippen molar-refractivity contribution < 1.29 is 9.59 Å². The molecule has 1 fully saturated rings. The highest BCUT2D eigenvalue weighted by atomic mass is 32.1. The van der Waals surface area contributed by atoms with Crippen LogP contribution in [0.15, 0.2) is 11.4 Å². The third-order valence-electron chi connectivity index (χ3n) is 3.23. The molecule has 5 heteroatoms. The van der Waals surface area contributed by atoms with Crippen molar-refractivity contribution in [3.05, 3.63) is 21.9 Å². The first kappa shape index (κ1) is 14.8. The van der Waals surface area contributed by atoms with Crippen molar-refractivity contribution in [3.63, 3.8) is 0 Å². The Balaban J connectivity index is 2.16. The number of piperidine rings is 1. The minimum Gasteiger partial charge on any atom is -0.320 e. The van der Waals surface area contributed by atoms with Gasteiger partial charge in [-0.05, 0) is 16.9 Å². The third kappa shape index (κ3) is 3.27. The molecule has 1 aromatic heterocycles. The molecule has 1 saturated heterocycles. The summed E-state index contributed by atoms with van der Waals surface area (Å²) in [6.07, 6.45) is 0.821. The zero-order valence-corrected chi connectivity index (χ0v) is 12.5. The van der Waals surface area contributed by atoms with E-state index >= 15 is 0 Å². The molecule has 0 atom stereocenters.